The van der Waals surface area contributed by atoms with Crippen LogP contribution in [0, 0.1) is 0 Å². The lowest BCUT2D eigenvalue weighted by molar-refractivity contribution is 0.731. The standard InChI is InChI=1S/C20H20/c1-4-10-17(11-5-1)16-20(18-12-6-2-7-13-18)19-14-8-3-9-15-19/h1-8,10-14,20H,9,15-16H2. The van der Waals surface area contributed by atoms with E-state index in [1.54, 1.807) is 5.57 Å². The summed E-state index contributed by atoms with van der Waals surface area (Å²) in [5, 5.41) is 0. The number of rotatable bonds is 4. The van der Waals surface area contributed by atoms with Crippen LogP contribution < -0.4 is 0 Å². The van der Waals surface area contributed by atoms with Crippen molar-refractivity contribution in [3.63, 3.8) is 0 Å². The molecule has 1 atom stereocenters. The van der Waals surface area contributed by atoms with E-state index in [0.29, 0.717) is 5.92 Å². The van der Waals surface area contributed by atoms with E-state index >= 15 is 0 Å². The van der Waals surface area contributed by atoms with Crippen LogP contribution in [-0.2, 0) is 6.42 Å². The smallest absolute Gasteiger partial charge is 0.00917 e. The summed E-state index contributed by atoms with van der Waals surface area (Å²) < 4.78 is 0. The van der Waals surface area contributed by atoms with Gasteiger partial charge in [-0.3, -0.25) is 0 Å². The predicted molar refractivity (Wildman–Crippen MR) is 85.8 cm³/mol. The molecule has 0 bridgehead atoms. The van der Waals surface area contributed by atoms with Crippen LogP contribution in [0.5, 0.6) is 0 Å². The minimum atomic E-state index is 0.503. The fourth-order valence-electron chi connectivity index (χ4n) is 2.91. The zero-order valence-electron chi connectivity index (χ0n) is 11.7. The lowest BCUT2D eigenvalue weighted by atomic mass is 9.82. The second-order valence-electron chi connectivity index (χ2n) is 5.36. The molecule has 0 aliphatic heterocycles. The van der Waals surface area contributed by atoms with Gasteiger partial charge in [-0.25, -0.2) is 0 Å². The van der Waals surface area contributed by atoms with E-state index in [0.717, 1.165) is 6.42 Å². The predicted octanol–water partition coefficient (Wildman–Crippen LogP) is 5.29. The van der Waals surface area contributed by atoms with Crippen molar-refractivity contribution in [1.82, 2.24) is 0 Å². The summed E-state index contributed by atoms with van der Waals surface area (Å²) in [6.45, 7) is 0. The van der Waals surface area contributed by atoms with Crippen LogP contribution in [-0.4, -0.2) is 0 Å². The van der Waals surface area contributed by atoms with Gasteiger partial charge in [0.15, 0.2) is 0 Å². The first-order chi connectivity index (χ1) is 9.93. The highest BCUT2D eigenvalue weighted by atomic mass is 14.2. The summed E-state index contributed by atoms with van der Waals surface area (Å²) >= 11 is 0. The van der Waals surface area contributed by atoms with E-state index in [2.05, 4.69) is 78.9 Å². The van der Waals surface area contributed by atoms with Crippen molar-refractivity contribution in [2.45, 2.75) is 25.2 Å². The van der Waals surface area contributed by atoms with E-state index in [-0.39, 0.29) is 0 Å². The third-order valence-electron chi connectivity index (χ3n) is 3.98. The monoisotopic (exact) mass is 260 g/mol. The molecule has 0 fully saturated rings. The summed E-state index contributed by atoms with van der Waals surface area (Å²) in [5.74, 6) is 0.503. The van der Waals surface area contributed by atoms with Crippen molar-refractivity contribution in [3.8, 4) is 0 Å². The van der Waals surface area contributed by atoms with Crippen molar-refractivity contribution in [2.24, 2.45) is 0 Å². The van der Waals surface area contributed by atoms with Gasteiger partial charge in [0.2, 0.25) is 0 Å². The first-order valence-corrected chi connectivity index (χ1v) is 7.38. The Labute approximate surface area is 121 Å². The average Bonchev–Trinajstić information content (AvgIpc) is 2.55. The second-order valence-corrected chi connectivity index (χ2v) is 5.36. The Morgan fingerprint density at radius 1 is 0.850 bits per heavy atom. The molecule has 0 spiro atoms. The van der Waals surface area contributed by atoms with Crippen LogP contribution in [0.3, 0.4) is 0 Å². The molecule has 20 heavy (non-hydrogen) atoms. The highest BCUT2D eigenvalue weighted by Gasteiger charge is 2.17. The molecule has 2 aromatic carbocycles. The zero-order valence-corrected chi connectivity index (χ0v) is 11.7. The number of benzene rings is 2. The van der Waals surface area contributed by atoms with Crippen LogP contribution in [0.25, 0.3) is 0 Å². The SMILES string of the molecule is C1=CCCC(C(Cc2ccccc2)c2ccccc2)=C1. The molecule has 100 valence electrons. The molecule has 0 nitrogen and oxygen atoms in total. The van der Waals surface area contributed by atoms with Crippen molar-refractivity contribution in [2.75, 3.05) is 0 Å². The van der Waals surface area contributed by atoms with E-state index in [1.165, 1.54) is 24.0 Å². The second kappa shape index (κ2) is 6.38. The Hall–Kier alpha value is -2.08. The van der Waals surface area contributed by atoms with Crippen molar-refractivity contribution < 1.29 is 0 Å². The van der Waals surface area contributed by atoms with E-state index in [9.17, 15) is 0 Å². The molecule has 3 rings (SSSR count). The highest BCUT2D eigenvalue weighted by Crippen LogP contribution is 2.32. The van der Waals surface area contributed by atoms with Gasteiger partial charge < -0.3 is 0 Å². The maximum absolute atomic E-state index is 2.31. The summed E-state index contributed by atoms with van der Waals surface area (Å²) in [5.41, 5.74) is 4.40. The molecule has 0 heterocycles. The van der Waals surface area contributed by atoms with Crippen LogP contribution in [0.2, 0.25) is 0 Å². The van der Waals surface area contributed by atoms with Gasteiger partial charge in [0, 0.05) is 5.92 Å². The van der Waals surface area contributed by atoms with Gasteiger partial charge in [-0.1, -0.05) is 84.5 Å². The molecular formula is C20H20. The Morgan fingerprint density at radius 3 is 2.20 bits per heavy atom. The van der Waals surface area contributed by atoms with E-state index in [4.69, 9.17) is 0 Å². The number of allylic oxidation sites excluding steroid dienone is 4. The number of hydrogen-bond donors (Lipinski definition) is 0. The largest absolute Gasteiger partial charge is 0.0842 e. The molecular weight excluding hydrogens is 240 g/mol. The lowest BCUT2D eigenvalue weighted by Crippen LogP contribution is -2.07. The van der Waals surface area contributed by atoms with Crippen LogP contribution in [0.1, 0.15) is 29.9 Å². The van der Waals surface area contributed by atoms with Gasteiger partial charge in [0.25, 0.3) is 0 Å². The van der Waals surface area contributed by atoms with Crippen molar-refractivity contribution >= 4 is 0 Å². The van der Waals surface area contributed by atoms with Crippen LogP contribution >= 0.6 is 0 Å². The molecule has 1 aliphatic carbocycles. The van der Waals surface area contributed by atoms with Crippen molar-refractivity contribution in [1.29, 1.82) is 0 Å². The molecule has 2 aromatic rings. The normalized spacial score (nSPS) is 15.7. The van der Waals surface area contributed by atoms with Gasteiger partial charge in [-0.2, -0.15) is 0 Å². The molecule has 0 aromatic heterocycles. The van der Waals surface area contributed by atoms with Crippen LogP contribution in [0.4, 0.5) is 0 Å². The fraction of sp³-hybridized carbons (Fsp3) is 0.200. The zero-order chi connectivity index (χ0) is 13.6. The Bertz CT molecular complexity index is 590. The highest BCUT2D eigenvalue weighted by molar-refractivity contribution is 5.35. The van der Waals surface area contributed by atoms with Gasteiger partial charge in [0.1, 0.15) is 0 Å². The summed E-state index contributed by atoms with van der Waals surface area (Å²) in [7, 11) is 0. The molecule has 1 aliphatic rings. The molecule has 0 radical (unpaired) electrons. The summed E-state index contributed by atoms with van der Waals surface area (Å²) in [6, 6.07) is 21.7. The van der Waals surface area contributed by atoms with Gasteiger partial charge in [-0.05, 0) is 30.4 Å². The molecule has 0 heteroatoms. The third-order valence-corrected chi connectivity index (χ3v) is 3.98. The Balaban J connectivity index is 1.91. The molecule has 0 saturated carbocycles. The minimum absolute atomic E-state index is 0.503. The van der Waals surface area contributed by atoms with Gasteiger partial charge >= 0.3 is 0 Å². The lowest BCUT2D eigenvalue weighted by Gasteiger charge is -2.22. The van der Waals surface area contributed by atoms with Gasteiger partial charge in [0.05, 0.1) is 0 Å². The van der Waals surface area contributed by atoms with E-state index < -0.39 is 0 Å². The number of hydrogen-bond acceptors (Lipinski definition) is 0. The molecule has 0 saturated heterocycles. The molecule has 1 unspecified atom stereocenters. The average molecular weight is 260 g/mol. The van der Waals surface area contributed by atoms with Gasteiger partial charge in [-0.15, -0.1) is 0 Å². The first-order valence-electron chi connectivity index (χ1n) is 7.38. The summed E-state index contributed by atoms with van der Waals surface area (Å²) in [4.78, 5) is 0. The maximum Gasteiger partial charge on any atom is 0.00917 e. The first kappa shape index (κ1) is 12.9. The fourth-order valence-corrected chi connectivity index (χ4v) is 2.91. The minimum Gasteiger partial charge on any atom is -0.0842 e. The van der Waals surface area contributed by atoms with Crippen molar-refractivity contribution in [3.05, 3.63) is 95.6 Å². The quantitative estimate of drug-likeness (QED) is 0.700. The van der Waals surface area contributed by atoms with E-state index in [1.807, 2.05) is 0 Å². The summed E-state index contributed by atoms with van der Waals surface area (Å²) in [6.07, 6.45) is 10.2. The maximum atomic E-state index is 2.31. The Kier molecular flexibility index (Phi) is 4.13. The van der Waals surface area contributed by atoms with Crippen LogP contribution in [0.15, 0.2) is 84.5 Å². The molecule has 0 N–H and O–H groups in total. The Morgan fingerprint density at radius 2 is 1.55 bits per heavy atom. The molecule has 0 amide bonds. The third kappa shape index (κ3) is 3.08. The topological polar surface area (TPSA) is 0 Å².